The van der Waals surface area contributed by atoms with Crippen LogP contribution in [0.5, 0.6) is 0 Å². The van der Waals surface area contributed by atoms with E-state index in [2.05, 4.69) is 20.7 Å². The van der Waals surface area contributed by atoms with Gasteiger partial charge in [0.15, 0.2) is 0 Å². The Kier molecular flexibility index (Phi) is 4.81. The Morgan fingerprint density at radius 1 is 1.06 bits per heavy atom. The van der Waals surface area contributed by atoms with E-state index in [1.54, 1.807) is 18.2 Å². The van der Waals surface area contributed by atoms with E-state index >= 15 is 0 Å². The summed E-state index contributed by atoms with van der Waals surface area (Å²) in [5, 5.41) is 0. The first-order chi connectivity index (χ1) is 8.59. The van der Waals surface area contributed by atoms with Crippen LogP contribution in [-0.2, 0) is 10.0 Å². The molecule has 1 aliphatic rings. The van der Waals surface area contributed by atoms with Gasteiger partial charge in [-0.25, -0.2) is 13.1 Å². The Bertz CT molecular complexity index is 493. The average molecular weight is 332 g/mol. The van der Waals surface area contributed by atoms with Gasteiger partial charge in [-0.2, -0.15) is 0 Å². The minimum atomic E-state index is -3.40. The van der Waals surface area contributed by atoms with E-state index in [4.69, 9.17) is 0 Å². The number of halogens is 1. The Morgan fingerprint density at radius 2 is 1.67 bits per heavy atom. The summed E-state index contributed by atoms with van der Waals surface area (Å²) in [5.74, 6) is 0. The molecule has 1 aromatic rings. The first-order valence-corrected chi connectivity index (χ1v) is 8.64. The molecular weight excluding hydrogens is 314 g/mol. The third kappa shape index (κ3) is 3.56. The molecule has 0 aliphatic heterocycles. The summed E-state index contributed by atoms with van der Waals surface area (Å²) in [4.78, 5) is 0.328. The molecule has 1 N–H and O–H groups in total. The summed E-state index contributed by atoms with van der Waals surface area (Å²) in [7, 11) is -3.40. The van der Waals surface area contributed by atoms with Crippen molar-refractivity contribution in [3.63, 3.8) is 0 Å². The molecule has 0 amide bonds. The first-order valence-electron chi connectivity index (χ1n) is 6.36. The second kappa shape index (κ2) is 6.17. The molecule has 1 aliphatic carbocycles. The fourth-order valence-electron chi connectivity index (χ4n) is 2.34. The van der Waals surface area contributed by atoms with E-state index < -0.39 is 10.0 Å². The molecule has 0 aromatic heterocycles. The molecule has 0 atom stereocenters. The van der Waals surface area contributed by atoms with Crippen LogP contribution in [0.25, 0.3) is 0 Å². The number of benzene rings is 1. The third-order valence-electron chi connectivity index (χ3n) is 3.30. The Balaban J connectivity index is 2.14. The van der Waals surface area contributed by atoms with Crippen LogP contribution in [0.2, 0.25) is 0 Å². The van der Waals surface area contributed by atoms with Crippen LogP contribution in [-0.4, -0.2) is 14.5 Å². The molecule has 0 heterocycles. The van der Waals surface area contributed by atoms with Gasteiger partial charge in [-0.3, -0.25) is 0 Å². The smallest absolute Gasteiger partial charge is 0.208 e. The van der Waals surface area contributed by atoms with E-state index in [1.807, 2.05) is 6.07 Å². The summed E-state index contributed by atoms with van der Waals surface area (Å²) < 4.78 is 28.0. The molecule has 1 aromatic carbocycles. The van der Waals surface area contributed by atoms with Crippen LogP contribution in [0.4, 0.5) is 0 Å². The van der Waals surface area contributed by atoms with E-state index in [0.29, 0.717) is 9.37 Å². The summed E-state index contributed by atoms with van der Waals surface area (Å²) in [5.41, 5.74) is 0. The maximum Gasteiger partial charge on any atom is 0.241 e. The number of sulfonamides is 1. The predicted octanol–water partition coefficient (Wildman–Crippen LogP) is 3.45. The van der Waals surface area contributed by atoms with E-state index in [1.165, 1.54) is 12.8 Å². The predicted molar refractivity (Wildman–Crippen MR) is 76.0 cm³/mol. The van der Waals surface area contributed by atoms with Gasteiger partial charge < -0.3 is 0 Å². The molecular formula is C13H18BrNO2S. The lowest BCUT2D eigenvalue weighted by molar-refractivity contribution is 0.509. The fourth-order valence-corrected chi connectivity index (χ4v) is 4.65. The monoisotopic (exact) mass is 331 g/mol. The van der Waals surface area contributed by atoms with Crippen molar-refractivity contribution in [2.24, 2.45) is 0 Å². The standard InChI is InChI=1S/C13H18BrNO2S/c14-12-9-5-6-10-13(12)18(16,17)15-11-7-3-1-2-4-8-11/h5-6,9-11,15H,1-4,7-8H2. The number of hydrogen-bond donors (Lipinski definition) is 1. The minimum absolute atomic E-state index is 0.0876. The van der Waals surface area contributed by atoms with Gasteiger partial charge in [0, 0.05) is 10.5 Å². The third-order valence-corrected chi connectivity index (χ3v) is 5.84. The average Bonchev–Trinajstić information content (AvgIpc) is 2.57. The summed E-state index contributed by atoms with van der Waals surface area (Å²) in [6, 6.07) is 7.02. The molecule has 0 saturated heterocycles. The van der Waals surface area contributed by atoms with Crippen LogP contribution in [0, 0.1) is 0 Å². The highest BCUT2D eigenvalue weighted by Crippen LogP contribution is 2.23. The molecule has 0 radical (unpaired) electrons. The SMILES string of the molecule is O=S(=O)(NC1CCCCCC1)c1ccccc1Br. The molecule has 5 heteroatoms. The van der Waals surface area contributed by atoms with Crippen molar-refractivity contribution in [2.45, 2.75) is 49.5 Å². The zero-order valence-corrected chi connectivity index (χ0v) is 12.6. The topological polar surface area (TPSA) is 46.2 Å². The maximum atomic E-state index is 12.3. The van der Waals surface area contributed by atoms with Gasteiger partial charge in [0.05, 0.1) is 4.90 Å². The Hall–Kier alpha value is -0.390. The van der Waals surface area contributed by atoms with Gasteiger partial charge >= 0.3 is 0 Å². The molecule has 1 saturated carbocycles. The van der Waals surface area contributed by atoms with Crippen molar-refractivity contribution in [3.8, 4) is 0 Å². The number of hydrogen-bond acceptors (Lipinski definition) is 2. The highest BCUT2D eigenvalue weighted by atomic mass is 79.9. The number of nitrogens with one attached hydrogen (secondary N) is 1. The second-order valence-electron chi connectivity index (χ2n) is 4.74. The first kappa shape index (κ1) is 14.0. The lowest BCUT2D eigenvalue weighted by Crippen LogP contribution is -2.34. The van der Waals surface area contributed by atoms with Gasteiger partial charge in [-0.1, -0.05) is 37.8 Å². The molecule has 0 spiro atoms. The molecule has 100 valence electrons. The molecule has 18 heavy (non-hydrogen) atoms. The zero-order chi connectivity index (χ0) is 13.0. The van der Waals surface area contributed by atoms with Gasteiger partial charge in [0.1, 0.15) is 0 Å². The molecule has 0 unspecified atom stereocenters. The second-order valence-corrected chi connectivity index (χ2v) is 7.28. The van der Waals surface area contributed by atoms with Crippen molar-refractivity contribution >= 4 is 26.0 Å². The molecule has 1 fully saturated rings. The van der Waals surface area contributed by atoms with E-state index in [0.717, 1.165) is 25.7 Å². The highest BCUT2D eigenvalue weighted by molar-refractivity contribution is 9.10. The van der Waals surface area contributed by atoms with Crippen molar-refractivity contribution in [1.29, 1.82) is 0 Å². The van der Waals surface area contributed by atoms with Crippen LogP contribution < -0.4 is 4.72 Å². The van der Waals surface area contributed by atoms with Crippen molar-refractivity contribution < 1.29 is 8.42 Å². The number of rotatable bonds is 3. The van der Waals surface area contributed by atoms with Gasteiger partial charge in [-0.15, -0.1) is 0 Å². The van der Waals surface area contributed by atoms with Crippen LogP contribution in [0.15, 0.2) is 33.6 Å². The Morgan fingerprint density at radius 3 is 2.28 bits per heavy atom. The van der Waals surface area contributed by atoms with E-state index in [-0.39, 0.29) is 6.04 Å². The maximum absolute atomic E-state index is 12.3. The van der Waals surface area contributed by atoms with Crippen LogP contribution in [0.1, 0.15) is 38.5 Å². The summed E-state index contributed by atoms with van der Waals surface area (Å²) in [6.45, 7) is 0. The lowest BCUT2D eigenvalue weighted by atomic mass is 10.1. The zero-order valence-electron chi connectivity index (χ0n) is 10.2. The molecule has 3 nitrogen and oxygen atoms in total. The summed E-state index contributed by atoms with van der Waals surface area (Å²) >= 11 is 3.29. The van der Waals surface area contributed by atoms with Crippen LogP contribution >= 0.6 is 15.9 Å². The molecule has 0 bridgehead atoms. The minimum Gasteiger partial charge on any atom is -0.208 e. The van der Waals surface area contributed by atoms with Crippen LogP contribution in [0.3, 0.4) is 0 Å². The normalized spacial score (nSPS) is 18.5. The van der Waals surface area contributed by atoms with Crippen molar-refractivity contribution in [2.75, 3.05) is 0 Å². The Labute approximate surface area is 117 Å². The quantitative estimate of drug-likeness (QED) is 0.862. The fraction of sp³-hybridized carbons (Fsp3) is 0.538. The molecule has 2 rings (SSSR count). The highest BCUT2D eigenvalue weighted by Gasteiger charge is 2.22. The van der Waals surface area contributed by atoms with Crippen molar-refractivity contribution in [1.82, 2.24) is 4.72 Å². The summed E-state index contributed by atoms with van der Waals surface area (Å²) in [6.07, 6.45) is 6.56. The van der Waals surface area contributed by atoms with Gasteiger partial charge in [0.2, 0.25) is 10.0 Å². The van der Waals surface area contributed by atoms with Gasteiger partial charge in [-0.05, 0) is 40.9 Å². The van der Waals surface area contributed by atoms with Crippen molar-refractivity contribution in [3.05, 3.63) is 28.7 Å². The van der Waals surface area contributed by atoms with Gasteiger partial charge in [0.25, 0.3) is 0 Å². The lowest BCUT2D eigenvalue weighted by Gasteiger charge is -2.16. The van der Waals surface area contributed by atoms with E-state index in [9.17, 15) is 8.42 Å². The largest absolute Gasteiger partial charge is 0.241 e.